The van der Waals surface area contributed by atoms with Crippen molar-refractivity contribution < 1.29 is 4.79 Å². The second-order valence-corrected chi connectivity index (χ2v) is 5.44. The van der Waals surface area contributed by atoms with Crippen LogP contribution in [-0.4, -0.2) is 31.1 Å². The van der Waals surface area contributed by atoms with Gasteiger partial charge in [0.2, 0.25) is 5.91 Å². The fourth-order valence-electron chi connectivity index (χ4n) is 2.59. The van der Waals surface area contributed by atoms with Gasteiger partial charge in [0.15, 0.2) is 0 Å². The van der Waals surface area contributed by atoms with Gasteiger partial charge in [0.1, 0.15) is 6.04 Å². The van der Waals surface area contributed by atoms with E-state index in [0.717, 1.165) is 19.6 Å². The highest BCUT2D eigenvalue weighted by atomic mass is 16.2. The van der Waals surface area contributed by atoms with E-state index in [1.807, 2.05) is 6.92 Å². The van der Waals surface area contributed by atoms with Crippen LogP contribution in [0.4, 0.5) is 5.69 Å². The minimum absolute atomic E-state index is 0.0872. The fourth-order valence-corrected chi connectivity index (χ4v) is 2.59. The summed E-state index contributed by atoms with van der Waals surface area (Å²) in [6.45, 7) is 4.48. The van der Waals surface area contributed by atoms with Crippen LogP contribution in [0.5, 0.6) is 0 Å². The summed E-state index contributed by atoms with van der Waals surface area (Å²) in [4.78, 5) is 14.0. The number of amides is 1. The summed E-state index contributed by atoms with van der Waals surface area (Å²) in [6, 6.07) is 9.02. The number of anilines is 1. The number of nitrogens with zero attached hydrogens (tertiary/aromatic N) is 1. The maximum absolute atomic E-state index is 11.8. The third kappa shape index (κ3) is 2.73. The smallest absolute Gasteiger partial charge is 0.242 e. The van der Waals surface area contributed by atoms with Crippen LogP contribution in [0.1, 0.15) is 25.3 Å². The maximum Gasteiger partial charge on any atom is 0.242 e. The molecule has 1 amide bonds. The average Bonchev–Trinajstić information content (AvgIpc) is 3.24. The lowest BCUT2D eigenvalue weighted by atomic mass is 10.1. The zero-order chi connectivity index (χ0) is 13.2. The van der Waals surface area contributed by atoms with Gasteiger partial charge in [-0.25, -0.2) is 0 Å². The molecule has 1 aromatic rings. The summed E-state index contributed by atoms with van der Waals surface area (Å²) >= 11 is 0. The van der Waals surface area contributed by atoms with Crippen molar-refractivity contribution in [3.05, 3.63) is 29.8 Å². The lowest BCUT2D eigenvalue weighted by Crippen LogP contribution is -2.54. The van der Waals surface area contributed by atoms with Gasteiger partial charge in [-0.1, -0.05) is 18.2 Å². The van der Waals surface area contributed by atoms with Crippen molar-refractivity contribution in [1.82, 2.24) is 10.6 Å². The number of benzene rings is 1. The van der Waals surface area contributed by atoms with Crippen LogP contribution >= 0.6 is 0 Å². The van der Waals surface area contributed by atoms with Crippen molar-refractivity contribution in [2.24, 2.45) is 0 Å². The van der Waals surface area contributed by atoms with Crippen LogP contribution in [0.25, 0.3) is 0 Å². The molecule has 1 atom stereocenters. The summed E-state index contributed by atoms with van der Waals surface area (Å²) in [5.41, 5.74) is 2.48. The molecular formula is C15H21N3O. The number of rotatable bonds is 4. The van der Waals surface area contributed by atoms with Crippen molar-refractivity contribution in [2.75, 3.05) is 18.0 Å². The zero-order valence-electron chi connectivity index (χ0n) is 11.4. The Labute approximate surface area is 114 Å². The van der Waals surface area contributed by atoms with Crippen molar-refractivity contribution >= 4 is 11.6 Å². The number of carbonyl (C=O) groups excluding carboxylic acids is 1. The van der Waals surface area contributed by atoms with Gasteiger partial charge in [0, 0.05) is 31.4 Å². The molecule has 0 spiro atoms. The standard InChI is InChI=1S/C15H21N3O/c1-11-15(19)16-8-9-18(11)14-5-3-2-4-12(14)10-17-13-6-7-13/h2-5,11,13,17H,6-10H2,1H3,(H,16,19). The SMILES string of the molecule is CC1C(=O)NCCN1c1ccccc1CNC1CC1. The molecule has 2 aliphatic rings. The molecule has 4 nitrogen and oxygen atoms in total. The molecule has 0 radical (unpaired) electrons. The first-order valence-corrected chi connectivity index (χ1v) is 7.11. The molecule has 0 aromatic heterocycles. The minimum Gasteiger partial charge on any atom is -0.358 e. The second kappa shape index (κ2) is 5.21. The van der Waals surface area contributed by atoms with E-state index in [1.165, 1.54) is 24.1 Å². The first kappa shape index (κ1) is 12.5. The van der Waals surface area contributed by atoms with Crippen LogP contribution < -0.4 is 15.5 Å². The van der Waals surface area contributed by atoms with Gasteiger partial charge < -0.3 is 15.5 Å². The summed E-state index contributed by atoms with van der Waals surface area (Å²) in [7, 11) is 0. The molecule has 3 rings (SSSR count). The highest BCUT2D eigenvalue weighted by Crippen LogP contribution is 2.25. The average molecular weight is 259 g/mol. The van der Waals surface area contributed by atoms with Gasteiger partial charge in [-0.3, -0.25) is 4.79 Å². The molecule has 102 valence electrons. The topological polar surface area (TPSA) is 44.4 Å². The predicted octanol–water partition coefficient (Wildman–Crippen LogP) is 1.26. The largest absolute Gasteiger partial charge is 0.358 e. The molecule has 1 aliphatic carbocycles. The van der Waals surface area contributed by atoms with E-state index >= 15 is 0 Å². The van der Waals surface area contributed by atoms with E-state index in [-0.39, 0.29) is 11.9 Å². The second-order valence-electron chi connectivity index (χ2n) is 5.44. The highest BCUT2D eigenvalue weighted by Gasteiger charge is 2.27. The predicted molar refractivity (Wildman–Crippen MR) is 76.1 cm³/mol. The Hall–Kier alpha value is -1.55. The molecule has 1 aromatic carbocycles. The Bertz CT molecular complexity index is 470. The molecule has 1 saturated heterocycles. The molecule has 1 saturated carbocycles. The Morgan fingerprint density at radius 1 is 1.37 bits per heavy atom. The van der Waals surface area contributed by atoms with Gasteiger partial charge in [-0.15, -0.1) is 0 Å². The first-order valence-electron chi connectivity index (χ1n) is 7.11. The summed E-state index contributed by atoms with van der Waals surface area (Å²) in [6.07, 6.45) is 2.59. The molecule has 2 fully saturated rings. The molecule has 0 bridgehead atoms. The van der Waals surface area contributed by atoms with E-state index in [2.05, 4.69) is 39.8 Å². The number of para-hydroxylation sites is 1. The van der Waals surface area contributed by atoms with Gasteiger partial charge >= 0.3 is 0 Å². The van der Waals surface area contributed by atoms with E-state index in [0.29, 0.717) is 6.04 Å². The monoisotopic (exact) mass is 259 g/mol. The summed E-state index contributed by atoms with van der Waals surface area (Å²) in [5, 5.41) is 6.47. The van der Waals surface area contributed by atoms with Gasteiger partial charge in [0.25, 0.3) is 0 Å². The van der Waals surface area contributed by atoms with Crippen LogP contribution in [0.2, 0.25) is 0 Å². The Kier molecular flexibility index (Phi) is 3.42. The lowest BCUT2D eigenvalue weighted by Gasteiger charge is -2.36. The maximum atomic E-state index is 11.8. The normalized spacial score (nSPS) is 23.3. The van der Waals surface area contributed by atoms with Crippen LogP contribution in [-0.2, 0) is 11.3 Å². The van der Waals surface area contributed by atoms with Crippen molar-refractivity contribution in [3.8, 4) is 0 Å². The van der Waals surface area contributed by atoms with E-state index in [4.69, 9.17) is 0 Å². The van der Waals surface area contributed by atoms with Crippen LogP contribution in [0.15, 0.2) is 24.3 Å². The van der Waals surface area contributed by atoms with E-state index < -0.39 is 0 Å². The number of hydrogen-bond acceptors (Lipinski definition) is 3. The fraction of sp³-hybridized carbons (Fsp3) is 0.533. The van der Waals surface area contributed by atoms with E-state index in [1.54, 1.807) is 0 Å². The summed E-state index contributed by atoms with van der Waals surface area (Å²) < 4.78 is 0. The quantitative estimate of drug-likeness (QED) is 0.855. The number of piperazine rings is 1. The number of hydrogen-bond donors (Lipinski definition) is 2. The molecule has 1 unspecified atom stereocenters. The van der Waals surface area contributed by atoms with Gasteiger partial charge in [-0.2, -0.15) is 0 Å². The first-order chi connectivity index (χ1) is 9.25. The van der Waals surface area contributed by atoms with Gasteiger partial charge in [0.05, 0.1) is 0 Å². The third-order valence-electron chi connectivity index (χ3n) is 3.96. The summed E-state index contributed by atoms with van der Waals surface area (Å²) in [5.74, 6) is 0.121. The molecular weight excluding hydrogens is 238 g/mol. The number of nitrogens with one attached hydrogen (secondary N) is 2. The molecule has 19 heavy (non-hydrogen) atoms. The van der Waals surface area contributed by atoms with Crippen molar-refractivity contribution in [3.63, 3.8) is 0 Å². The van der Waals surface area contributed by atoms with Crippen molar-refractivity contribution in [2.45, 2.75) is 38.4 Å². The molecule has 1 heterocycles. The number of carbonyl (C=O) groups is 1. The molecule has 4 heteroatoms. The Morgan fingerprint density at radius 3 is 2.95 bits per heavy atom. The Balaban J connectivity index is 1.79. The van der Waals surface area contributed by atoms with Crippen LogP contribution in [0, 0.1) is 0 Å². The zero-order valence-corrected chi connectivity index (χ0v) is 11.4. The third-order valence-corrected chi connectivity index (χ3v) is 3.96. The van der Waals surface area contributed by atoms with Crippen LogP contribution in [0.3, 0.4) is 0 Å². The molecule has 2 N–H and O–H groups in total. The minimum atomic E-state index is -0.0872. The Morgan fingerprint density at radius 2 is 2.16 bits per heavy atom. The van der Waals surface area contributed by atoms with Gasteiger partial charge in [-0.05, 0) is 31.4 Å². The van der Waals surface area contributed by atoms with Crippen molar-refractivity contribution in [1.29, 1.82) is 0 Å². The van der Waals surface area contributed by atoms with E-state index in [9.17, 15) is 4.79 Å². The highest BCUT2D eigenvalue weighted by molar-refractivity contribution is 5.86. The molecule has 1 aliphatic heterocycles. The lowest BCUT2D eigenvalue weighted by molar-refractivity contribution is -0.122.